The molecule has 2 aromatic rings. The Balaban J connectivity index is 1.98. The molecule has 1 heteroatoms. The van der Waals surface area contributed by atoms with Crippen molar-refractivity contribution >= 4 is 0 Å². The van der Waals surface area contributed by atoms with E-state index in [4.69, 9.17) is 0 Å². The van der Waals surface area contributed by atoms with Crippen LogP contribution < -0.4 is 0 Å². The Morgan fingerprint density at radius 1 is 0.882 bits per heavy atom. The van der Waals surface area contributed by atoms with Crippen LogP contribution in [0.25, 0.3) is 0 Å². The molecule has 0 heterocycles. The third-order valence-corrected chi connectivity index (χ3v) is 2.49. The molecule has 1 atom stereocenters. The second-order valence-corrected chi connectivity index (χ2v) is 3.80. The van der Waals surface area contributed by atoms with E-state index in [1.807, 2.05) is 60.7 Å². The molecule has 0 bridgehead atoms. The third kappa shape index (κ3) is 3.48. The van der Waals surface area contributed by atoms with E-state index < -0.39 is 6.10 Å². The number of aliphatic hydroxyl groups excluding tert-OH is 1. The fourth-order valence-electron chi connectivity index (χ4n) is 1.56. The van der Waals surface area contributed by atoms with Gasteiger partial charge in [0.25, 0.3) is 0 Å². The zero-order valence-electron chi connectivity index (χ0n) is 9.51. The quantitative estimate of drug-likeness (QED) is 0.774. The molecular weight excluding hydrogens is 208 g/mol. The Morgan fingerprint density at radius 3 is 2.12 bits per heavy atom. The summed E-state index contributed by atoms with van der Waals surface area (Å²) in [5, 5.41) is 9.90. The Labute approximate surface area is 102 Å². The van der Waals surface area contributed by atoms with Crippen molar-refractivity contribution in [3.63, 3.8) is 0 Å². The molecule has 0 amide bonds. The molecule has 1 N–H and O–H groups in total. The van der Waals surface area contributed by atoms with Gasteiger partial charge in [0, 0.05) is 12.0 Å². The van der Waals surface area contributed by atoms with Gasteiger partial charge in [-0.3, -0.25) is 0 Å². The first-order chi connectivity index (χ1) is 8.36. The van der Waals surface area contributed by atoms with E-state index in [9.17, 15) is 5.11 Å². The lowest BCUT2D eigenvalue weighted by molar-refractivity contribution is 0.184. The minimum atomic E-state index is -0.507. The topological polar surface area (TPSA) is 20.2 Å². The molecule has 0 aliphatic rings. The minimum Gasteiger partial charge on any atom is -0.387 e. The predicted molar refractivity (Wildman–Crippen MR) is 69.3 cm³/mol. The van der Waals surface area contributed by atoms with Crippen molar-refractivity contribution in [1.82, 2.24) is 0 Å². The summed E-state index contributed by atoms with van der Waals surface area (Å²) < 4.78 is 0. The highest BCUT2D eigenvalue weighted by atomic mass is 16.3. The van der Waals surface area contributed by atoms with Gasteiger partial charge in [-0.1, -0.05) is 60.4 Å². The van der Waals surface area contributed by atoms with Gasteiger partial charge in [0.2, 0.25) is 0 Å². The summed E-state index contributed by atoms with van der Waals surface area (Å²) in [6.07, 6.45) is -0.0498. The Bertz CT molecular complexity index is 505. The first kappa shape index (κ1) is 11.4. The van der Waals surface area contributed by atoms with E-state index in [0.717, 1.165) is 11.1 Å². The van der Waals surface area contributed by atoms with E-state index in [2.05, 4.69) is 11.8 Å². The number of aliphatic hydroxyl groups is 1. The fraction of sp³-hybridized carbons (Fsp3) is 0.125. The summed E-state index contributed by atoms with van der Waals surface area (Å²) in [5.41, 5.74) is 1.89. The molecule has 0 spiro atoms. The van der Waals surface area contributed by atoms with E-state index in [-0.39, 0.29) is 0 Å². The minimum absolute atomic E-state index is 0.457. The summed E-state index contributed by atoms with van der Waals surface area (Å²) in [6, 6.07) is 19.4. The highest BCUT2D eigenvalue weighted by Crippen LogP contribution is 2.14. The van der Waals surface area contributed by atoms with Crippen molar-refractivity contribution < 1.29 is 5.11 Å². The average molecular weight is 222 g/mol. The monoisotopic (exact) mass is 222 g/mol. The molecule has 0 fully saturated rings. The predicted octanol–water partition coefficient (Wildman–Crippen LogP) is 3.16. The number of hydrogen-bond acceptors (Lipinski definition) is 1. The molecule has 17 heavy (non-hydrogen) atoms. The van der Waals surface area contributed by atoms with Crippen LogP contribution in [-0.4, -0.2) is 5.11 Å². The maximum Gasteiger partial charge on any atom is 0.0899 e. The Hall–Kier alpha value is -2.04. The fourth-order valence-corrected chi connectivity index (χ4v) is 1.56. The maximum absolute atomic E-state index is 9.90. The van der Waals surface area contributed by atoms with E-state index >= 15 is 0 Å². The van der Waals surface area contributed by atoms with E-state index in [1.54, 1.807) is 0 Å². The molecule has 0 aromatic heterocycles. The van der Waals surface area contributed by atoms with Crippen LogP contribution in [0, 0.1) is 11.8 Å². The van der Waals surface area contributed by atoms with Crippen molar-refractivity contribution in [3.8, 4) is 11.8 Å². The van der Waals surface area contributed by atoms with Crippen LogP contribution >= 0.6 is 0 Å². The number of rotatable bonds is 2. The van der Waals surface area contributed by atoms with E-state index in [0.29, 0.717) is 6.42 Å². The molecule has 0 aliphatic heterocycles. The Morgan fingerprint density at radius 2 is 1.47 bits per heavy atom. The van der Waals surface area contributed by atoms with Gasteiger partial charge >= 0.3 is 0 Å². The standard InChI is InChI=1S/C16H14O/c17-16(15-11-5-2-6-12-15)13-7-10-14-8-3-1-4-9-14/h1-6,8-9,11-12,16-17H,13H2/t16-/m0/s1. The highest BCUT2D eigenvalue weighted by Gasteiger charge is 2.03. The van der Waals surface area contributed by atoms with Crippen LogP contribution in [0.4, 0.5) is 0 Å². The van der Waals surface area contributed by atoms with Gasteiger partial charge in [-0.05, 0) is 17.7 Å². The lowest BCUT2D eigenvalue weighted by Crippen LogP contribution is -1.94. The van der Waals surface area contributed by atoms with Crippen LogP contribution in [0.1, 0.15) is 23.7 Å². The first-order valence-electron chi connectivity index (χ1n) is 5.63. The van der Waals surface area contributed by atoms with Crippen molar-refractivity contribution in [2.75, 3.05) is 0 Å². The van der Waals surface area contributed by atoms with Crippen LogP contribution in [0.5, 0.6) is 0 Å². The zero-order chi connectivity index (χ0) is 11.9. The lowest BCUT2D eigenvalue weighted by atomic mass is 10.1. The van der Waals surface area contributed by atoms with Crippen molar-refractivity contribution in [2.45, 2.75) is 12.5 Å². The van der Waals surface area contributed by atoms with Gasteiger partial charge in [-0.25, -0.2) is 0 Å². The van der Waals surface area contributed by atoms with Crippen LogP contribution in [0.3, 0.4) is 0 Å². The van der Waals surface area contributed by atoms with Gasteiger partial charge in [0.05, 0.1) is 6.10 Å². The van der Waals surface area contributed by atoms with Gasteiger partial charge < -0.3 is 5.11 Å². The normalized spacial score (nSPS) is 11.4. The van der Waals surface area contributed by atoms with Gasteiger partial charge in [0.15, 0.2) is 0 Å². The van der Waals surface area contributed by atoms with Crippen LogP contribution in [0.15, 0.2) is 60.7 Å². The smallest absolute Gasteiger partial charge is 0.0899 e. The molecule has 84 valence electrons. The SMILES string of the molecule is O[C@@H](CC#Cc1ccccc1)c1ccccc1. The van der Waals surface area contributed by atoms with E-state index in [1.165, 1.54) is 0 Å². The summed E-state index contributed by atoms with van der Waals surface area (Å²) in [6.45, 7) is 0. The first-order valence-corrected chi connectivity index (χ1v) is 5.63. The van der Waals surface area contributed by atoms with Crippen LogP contribution in [0.2, 0.25) is 0 Å². The van der Waals surface area contributed by atoms with Crippen LogP contribution in [-0.2, 0) is 0 Å². The molecular formula is C16H14O. The Kier molecular flexibility index (Phi) is 3.96. The molecule has 2 rings (SSSR count). The summed E-state index contributed by atoms with van der Waals surface area (Å²) in [4.78, 5) is 0. The summed E-state index contributed by atoms with van der Waals surface area (Å²) >= 11 is 0. The molecule has 0 saturated heterocycles. The zero-order valence-corrected chi connectivity index (χ0v) is 9.51. The molecule has 0 radical (unpaired) electrons. The second kappa shape index (κ2) is 5.89. The largest absolute Gasteiger partial charge is 0.387 e. The number of hydrogen-bond donors (Lipinski definition) is 1. The highest BCUT2D eigenvalue weighted by molar-refractivity contribution is 5.34. The van der Waals surface area contributed by atoms with Gasteiger partial charge in [0.1, 0.15) is 0 Å². The molecule has 0 unspecified atom stereocenters. The molecule has 1 nitrogen and oxygen atoms in total. The van der Waals surface area contributed by atoms with Crippen molar-refractivity contribution in [2.24, 2.45) is 0 Å². The summed E-state index contributed by atoms with van der Waals surface area (Å²) in [5.74, 6) is 6.04. The molecule has 0 saturated carbocycles. The van der Waals surface area contributed by atoms with Gasteiger partial charge in [-0.2, -0.15) is 0 Å². The molecule has 0 aliphatic carbocycles. The van der Waals surface area contributed by atoms with Gasteiger partial charge in [-0.15, -0.1) is 0 Å². The van der Waals surface area contributed by atoms with Crippen molar-refractivity contribution in [1.29, 1.82) is 0 Å². The average Bonchev–Trinajstić information content (AvgIpc) is 2.41. The second-order valence-electron chi connectivity index (χ2n) is 3.80. The maximum atomic E-state index is 9.90. The lowest BCUT2D eigenvalue weighted by Gasteiger charge is -2.05. The molecule has 2 aromatic carbocycles. The summed E-state index contributed by atoms with van der Waals surface area (Å²) in [7, 11) is 0. The van der Waals surface area contributed by atoms with Crippen molar-refractivity contribution in [3.05, 3.63) is 71.8 Å². The number of benzene rings is 2. The third-order valence-electron chi connectivity index (χ3n) is 2.49.